The van der Waals surface area contributed by atoms with E-state index in [1.807, 2.05) is 0 Å². The Morgan fingerprint density at radius 1 is 1.11 bits per heavy atom. The quantitative estimate of drug-likeness (QED) is 0.219. The van der Waals surface area contributed by atoms with E-state index in [-0.39, 0.29) is 34.1 Å². The summed E-state index contributed by atoms with van der Waals surface area (Å²) >= 11 is 6.07. The molecule has 0 aromatic heterocycles. The number of amides is 2. The molecule has 2 N–H and O–H groups in total. The van der Waals surface area contributed by atoms with Crippen molar-refractivity contribution in [2.75, 3.05) is 5.01 Å². The molecule has 2 amide bonds. The summed E-state index contributed by atoms with van der Waals surface area (Å²) in [7, 11) is 0. The molecule has 1 aliphatic rings. The number of aromatic carboxylic acids is 1. The van der Waals surface area contributed by atoms with Gasteiger partial charge in [0.05, 0.1) is 16.2 Å². The van der Waals surface area contributed by atoms with Gasteiger partial charge >= 0.3 is 11.7 Å². The lowest BCUT2D eigenvalue weighted by molar-refractivity contribution is -0.385. The number of nitrogens with zero attached hydrogens (tertiary/aromatic N) is 2. The monoisotopic (exact) mass is 493 g/mol. The van der Waals surface area contributed by atoms with E-state index in [1.54, 1.807) is 36.4 Å². The average Bonchev–Trinajstić information content (AvgIpc) is 3.12. The van der Waals surface area contributed by atoms with Gasteiger partial charge in [0.2, 0.25) is 5.75 Å². The fraction of sp³-hybridized carbons (Fsp3) is 0.0417. The Morgan fingerprint density at radius 3 is 2.54 bits per heavy atom. The number of carbonyl (C=O) groups is 3. The predicted octanol–water partition coefficient (Wildman–Crippen LogP) is 3.99. The molecule has 0 aliphatic carbocycles. The normalized spacial score (nSPS) is 14.2. The number of para-hydroxylation sites is 1. The largest absolute Gasteiger partial charge is 0.482 e. The van der Waals surface area contributed by atoms with Crippen LogP contribution in [0.25, 0.3) is 6.08 Å². The van der Waals surface area contributed by atoms with Crippen LogP contribution in [-0.4, -0.2) is 27.8 Å². The van der Waals surface area contributed by atoms with Crippen molar-refractivity contribution < 1.29 is 29.2 Å². The smallest absolute Gasteiger partial charge is 0.335 e. The standard InChI is InChI=1S/C24H16ClN3O7/c25-17-10-16(11-19-22(29)26-27(23(19)30)18-7-2-1-3-8-18)21(20(12-17)28(33)34)35-13-14-5-4-6-15(9-14)24(31)32/h1-12H,13H2,(H,26,29)(H,31,32)/b19-11-. The summed E-state index contributed by atoms with van der Waals surface area (Å²) in [6.45, 7) is -0.212. The van der Waals surface area contributed by atoms with Crippen molar-refractivity contribution >= 4 is 46.8 Å². The molecular formula is C24H16ClN3O7. The van der Waals surface area contributed by atoms with Crippen molar-refractivity contribution in [1.82, 2.24) is 5.43 Å². The van der Waals surface area contributed by atoms with E-state index in [2.05, 4.69) is 5.43 Å². The second kappa shape index (κ2) is 9.65. The highest BCUT2D eigenvalue weighted by Crippen LogP contribution is 2.37. The fourth-order valence-corrected chi connectivity index (χ4v) is 3.64. The van der Waals surface area contributed by atoms with Gasteiger partial charge in [-0.05, 0) is 42.0 Å². The third kappa shape index (κ3) is 4.97. The Morgan fingerprint density at radius 2 is 1.86 bits per heavy atom. The predicted molar refractivity (Wildman–Crippen MR) is 126 cm³/mol. The highest BCUT2D eigenvalue weighted by molar-refractivity contribution is 6.32. The first-order chi connectivity index (χ1) is 16.7. The number of hydrogen-bond donors (Lipinski definition) is 2. The number of carbonyl (C=O) groups excluding carboxylic acids is 2. The first-order valence-corrected chi connectivity index (χ1v) is 10.5. The molecule has 4 rings (SSSR count). The molecule has 11 heteroatoms. The van der Waals surface area contributed by atoms with Gasteiger partial charge in [-0.1, -0.05) is 41.9 Å². The van der Waals surface area contributed by atoms with Crippen LogP contribution >= 0.6 is 11.6 Å². The number of anilines is 1. The second-order valence-electron chi connectivity index (χ2n) is 7.37. The van der Waals surface area contributed by atoms with Crippen molar-refractivity contribution in [2.45, 2.75) is 6.61 Å². The maximum atomic E-state index is 12.9. The molecule has 1 fully saturated rings. The Bertz CT molecular complexity index is 1390. The number of carboxylic acids is 1. The first-order valence-electron chi connectivity index (χ1n) is 10.1. The molecule has 3 aromatic rings. The zero-order valence-corrected chi connectivity index (χ0v) is 18.6. The second-order valence-corrected chi connectivity index (χ2v) is 7.81. The van der Waals surface area contributed by atoms with Crippen LogP contribution < -0.4 is 15.2 Å². The van der Waals surface area contributed by atoms with Crippen LogP contribution in [0.15, 0.2) is 72.3 Å². The Balaban J connectivity index is 1.72. The molecule has 0 unspecified atom stereocenters. The minimum Gasteiger partial charge on any atom is -0.482 e. The SMILES string of the molecule is O=C1NN(c2ccccc2)C(=O)/C1=C\c1cc(Cl)cc([N+](=O)[O-])c1OCc1cccc(C(=O)O)c1. The van der Waals surface area contributed by atoms with Crippen molar-refractivity contribution in [3.8, 4) is 5.75 Å². The van der Waals surface area contributed by atoms with E-state index in [0.717, 1.165) is 11.1 Å². The zero-order valence-electron chi connectivity index (χ0n) is 17.8. The van der Waals surface area contributed by atoms with Gasteiger partial charge in [0, 0.05) is 16.7 Å². The number of rotatable bonds is 7. The van der Waals surface area contributed by atoms with E-state index in [0.29, 0.717) is 11.3 Å². The highest BCUT2D eigenvalue weighted by atomic mass is 35.5. The Labute approximate surface area is 203 Å². The Kier molecular flexibility index (Phi) is 6.47. The number of nitro benzene ring substituents is 1. The topological polar surface area (TPSA) is 139 Å². The highest BCUT2D eigenvalue weighted by Gasteiger charge is 2.35. The lowest BCUT2D eigenvalue weighted by Crippen LogP contribution is -2.35. The molecule has 1 heterocycles. The van der Waals surface area contributed by atoms with Crippen LogP contribution in [0.2, 0.25) is 5.02 Å². The van der Waals surface area contributed by atoms with Gasteiger partial charge in [-0.2, -0.15) is 0 Å². The van der Waals surface area contributed by atoms with E-state index in [4.69, 9.17) is 16.3 Å². The van der Waals surface area contributed by atoms with E-state index >= 15 is 0 Å². The van der Waals surface area contributed by atoms with Gasteiger partial charge in [-0.3, -0.25) is 25.1 Å². The summed E-state index contributed by atoms with van der Waals surface area (Å²) < 4.78 is 5.70. The number of nitro groups is 1. The van der Waals surface area contributed by atoms with E-state index in [1.165, 1.54) is 30.3 Å². The van der Waals surface area contributed by atoms with Crippen LogP contribution in [0.1, 0.15) is 21.5 Å². The Hall–Kier alpha value is -4.70. The maximum Gasteiger partial charge on any atom is 0.335 e. The number of benzene rings is 3. The summed E-state index contributed by atoms with van der Waals surface area (Å²) in [5.74, 6) is -2.74. The minimum absolute atomic E-state index is 0.00505. The summed E-state index contributed by atoms with van der Waals surface area (Å²) in [6, 6.07) is 16.7. The summed E-state index contributed by atoms with van der Waals surface area (Å²) in [5, 5.41) is 21.9. The van der Waals surface area contributed by atoms with Crippen LogP contribution in [0.5, 0.6) is 5.75 Å². The van der Waals surface area contributed by atoms with Crippen molar-refractivity contribution in [3.05, 3.63) is 104 Å². The third-order valence-electron chi connectivity index (χ3n) is 5.02. The van der Waals surface area contributed by atoms with E-state index < -0.39 is 28.4 Å². The summed E-state index contributed by atoms with van der Waals surface area (Å²) in [6.07, 6.45) is 1.17. The molecule has 0 bridgehead atoms. The van der Waals surface area contributed by atoms with Gasteiger partial charge in [-0.25, -0.2) is 9.80 Å². The van der Waals surface area contributed by atoms with Gasteiger partial charge in [0.25, 0.3) is 11.8 Å². The zero-order chi connectivity index (χ0) is 25.1. The molecule has 1 aliphatic heterocycles. The molecule has 3 aromatic carbocycles. The summed E-state index contributed by atoms with van der Waals surface area (Å²) in [5.41, 5.74) is 2.62. The van der Waals surface area contributed by atoms with Crippen molar-refractivity contribution in [2.24, 2.45) is 0 Å². The molecule has 10 nitrogen and oxygen atoms in total. The number of hydrazine groups is 1. The minimum atomic E-state index is -1.14. The average molecular weight is 494 g/mol. The fourth-order valence-electron chi connectivity index (χ4n) is 3.42. The van der Waals surface area contributed by atoms with Crippen LogP contribution in [-0.2, 0) is 16.2 Å². The van der Waals surface area contributed by atoms with Gasteiger partial charge in [-0.15, -0.1) is 0 Å². The molecule has 1 saturated heterocycles. The van der Waals surface area contributed by atoms with Crippen LogP contribution in [0.3, 0.4) is 0 Å². The first kappa shape index (κ1) is 23.5. The lowest BCUT2D eigenvalue weighted by atomic mass is 10.1. The molecule has 176 valence electrons. The van der Waals surface area contributed by atoms with Gasteiger partial charge < -0.3 is 9.84 Å². The van der Waals surface area contributed by atoms with Gasteiger partial charge in [0.15, 0.2) is 0 Å². The van der Waals surface area contributed by atoms with Crippen LogP contribution in [0.4, 0.5) is 11.4 Å². The molecular weight excluding hydrogens is 478 g/mol. The third-order valence-corrected chi connectivity index (χ3v) is 5.24. The van der Waals surface area contributed by atoms with Crippen LogP contribution in [0, 0.1) is 10.1 Å². The molecule has 35 heavy (non-hydrogen) atoms. The van der Waals surface area contributed by atoms with E-state index in [9.17, 15) is 29.6 Å². The van der Waals surface area contributed by atoms with Gasteiger partial charge in [0.1, 0.15) is 12.2 Å². The number of ether oxygens (including phenoxy) is 1. The van der Waals surface area contributed by atoms with Crippen molar-refractivity contribution in [3.63, 3.8) is 0 Å². The lowest BCUT2D eigenvalue weighted by Gasteiger charge is -2.14. The molecule has 0 atom stereocenters. The number of hydrogen-bond acceptors (Lipinski definition) is 6. The summed E-state index contributed by atoms with van der Waals surface area (Å²) in [4.78, 5) is 47.7. The molecule has 0 radical (unpaired) electrons. The van der Waals surface area contributed by atoms with Crippen molar-refractivity contribution in [1.29, 1.82) is 0 Å². The maximum absolute atomic E-state index is 12.9. The molecule has 0 saturated carbocycles. The molecule has 0 spiro atoms. The number of nitrogens with one attached hydrogen (secondary N) is 1. The number of carboxylic acid groups (broad SMARTS) is 1. The number of halogens is 1.